The van der Waals surface area contributed by atoms with Crippen LogP contribution in [0.4, 0.5) is 0 Å². The van der Waals surface area contributed by atoms with Gasteiger partial charge in [-0.05, 0) is 52.3 Å². The fourth-order valence-electron chi connectivity index (χ4n) is 3.36. The third-order valence-electron chi connectivity index (χ3n) is 4.52. The maximum absolute atomic E-state index is 10.3. The van der Waals surface area contributed by atoms with E-state index >= 15 is 0 Å². The van der Waals surface area contributed by atoms with Gasteiger partial charge in [0.05, 0.1) is 0 Å². The van der Waals surface area contributed by atoms with Gasteiger partial charge in [0.25, 0.3) is 0 Å². The van der Waals surface area contributed by atoms with Gasteiger partial charge >= 0.3 is 0 Å². The molecule has 0 aliphatic carbocycles. The van der Waals surface area contributed by atoms with Crippen LogP contribution in [0.25, 0.3) is 0 Å². The van der Waals surface area contributed by atoms with Crippen LogP contribution >= 0.6 is 0 Å². The summed E-state index contributed by atoms with van der Waals surface area (Å²) in [6.07, 6.45) is 0.998. The van der Waals surface area contributed by atoms with Gasteiger partial charge in [0.1, 0.15) is 5.75 Å². The number of phenols is 1. The highest BCUT2D eigenvalue weighted by Gasteiger charge is 2.20. The topological polar surface area (TPSA) is 23.5 Å². The number of benzene rings is 2. The molecular formula is C21H29NO. The van der Waals surface area contributed by atoms with E-state index in [0.29, 0.717) is 17.8 Å². The Morgan fingerprint density at radius 1 is 0.826 bits per heavy atom. The fraction of sp³-hybridized carbons (Fsp3) is 0.429. The first-order valence-electron chi connectivity index (χ1n) is 8.59. The van der Waals surface area contributed by atoms with Crippen LogP contribution in [0.1, 0.15) is 51.2 Å². The number of hydrogen-bond acceptors (Lipinski definition) is 2. The predicted molar refractivity (Wildman–Crippen MR) is 98.0 cm³/mol. The Morgan fingerprint density at radius 3 is 1.96 bits per heavy atom. The van der Waals surface area contributed by atoms with E-state index in [4.69, 9.17) is 0 Å². The first-order chi connectivity index (χ1) is 11.0. The summed E-state index contributed by atoms with van der Waals surface area (Å²) in [5.41, 5.74) is 2.28. The highest BCUT2D eigenvalue weighted by Crippen LogP contribution is 2.34. The van der Waals surface area contributed by atoms with Gasteiger partial charge in [0, 0.05) is 23.6 Å². The Morgan fingerprint density at radius 2 is 1.39 bits per heavy atom. The quantitative estimate of drug-likeness (QED) is 0.775. The number of nitrogens with zero attached hydrogens (tertiary/aromatic N) is 1. The molecule has 0 saturated carbocycles. The zero-order valence-electron chi connectivity index (χ0n) is 14.7. The molecule has 0 amide bonds. The molecule has 2 nitrogen and oxygen atoms in total. The molecule has 0 bridgehead atoms. The second kappa shape index (κ2) is 8.16. The van der Waals surface area contributed by atoms with Crippen LogP contribution < -0.4 is 0 Å². The summed E-state index contributed by atoms with van der Waals surface area (Å²) in [7, 11) is 0. The van der Waals surface area contributed by atoms with Crippen LogP contribution in [0.15, 0.2) is 54.6 Å². The molecule has 23 heavy (non-hydrogen) atoms. The Kier molecular flexibility index (Phi) is 6.23. The zero-order chi connectivity index (χ0) is 16.8. The molecule has 124 valence electrons. The molecule has 0 fully saturated rings. The minimum Gasteiger partial charge on any atom is -0.508 e. The minimum absolute atomic E-state index is 0.220. The molecule has 0 spiro atoms. The first-order valence-corrected chi connectivity index (χ1v) is 8.59. The molecule has 0 unspecified atom stereocenters. The normalized spacial score (nSPS) is 13.0. The van der Waals surface area contributed by atoms with Gasteiger partial charge in [-0.25, -0.2) is 0 Å². The van der Waals surface area contributed by atoms with Crippen LogP contribution in [-0.2, 0) is 0 Å². The maximum atomic E-state index is 10.3. The van der Waals surface area contributed by atoms with Crippen LogP contribution in [-0.4, -0.2) is 28.6 Å². The lowest BCUT2D eigenvalue weighted by Crippen LogP contribution is -2.38. The second-order valence-corrected chi connectivity index (χ2v) is 6.74. The summed E-state index contributed by atoms with van der Waals surface area (Å²) in [6.45, 7) is 10.0. The molecule has 0 aromatic heterocycles. The lowest BCUT2D eigenvalue weighted by Gasteiger charge is -2.32. The third kappa shape index (κ3) is 4.59. The summed E-state index contributed by atoms with van der Waals surface area (Å²) in [6, 6.07) is 19.3. The first kappa shape index (κ1) is 17.6. The average molecular weight is 311 g/mol. The van der Waals surface area contributed by atoms with Crippen molar-refractivity contribution in [2.45, 2.75) is 52.1 Å². The summed E-state index contributed by atoms with van der Waals surface area (Å²) in [4.78, 5) is 2.51. The number of rotatable bonds is 7. The van der Waals surface area contributed by atoms with Crippen molar-refractivity contribution in [3.63, 3.8) is 0 Å². The van der Waals surface area contributed by atoms with Crippen molar-refractivity contribution >= 4 is 0 Å². The second-order valence-electron chi connectivity index (χ2n) is 6.74. The van der Waals surface area contributed by atoms with Gasteiger partial charge < -0.3 is 5.11 Å². The highest BCUT2D eigenvalue weighted by atomic mass is 16.3. The Labute approximate surface area is 140 Å². The van der Waals surface area contributed by atoms with E-state index in [9.17, 15) is 5.11 Å². The summed E-state index contributed by atoms with van der Waals surface area (Å²) >= 11 is 0. The predicted octanol–water partition coefficient (Wildman–Crippen LogP) is 5.03. The van der Waals surface area contributed by atoms with Crippen molar-refractivity contribution < 1.29 is 5.11 Å². The number of phenolic OH excluding ortho intramolecular Hbond substituents is 1. The lowest BCUT2D eigenvalue weighted by molar-refractivity contribution is 0.170. The van der Waals surface area contributed by atoms with E-state index in [2.05, 4.69) is 56.9 Å². The van der Waals surface area contributed by atoms with Crippen molar-refractivity contribution in [3.05, 3.63) is 65.7 Å². The minimum atomic E-state index is 0.220. The molecule has 1 N–H and O–H groups in total. The van der Waals surface area contributed by atoms with Crippen molar-refractivity contribution in [2.75, 3.05) is 6.54 Å². The van der Waals surface area contributed by atoms with E-state index in [-0.39, 0.29) is 5.92 Å². The van der Waals surface area contributed by atoms with Gasteiger partial charge in [-0.15, -0.1) is 0 Å². The molecule has 0 radical (unpaired) electrons. The largest absolute Gasteiger partial charge is 0.508 e. The summed E-state index contributed by atoms with van der Waals surface area (Å²) < 4.78 is 0. The van der Waals surface area contributed by atoms with Gasteiger partial charge in [-0.1, -0.05) is 48.5 Å². The summed E-state index contributed by atoms with van der Waals surface area (Å²) in [5, 5.41) is 10.3. The SMILES string of the molecule is CC(C)N(CC[C@@H](c1ccccc1)c1ccccc1O)C(C)C. The van der Waals surface area contributed by atoms with Crippen LogP contribution in [0, 0.1) is 0 Å². The highest BCUT2D eigenvalue weighted by molar-refractivity contribution is 5.41. The Balaban J connectivity index is 2.27. The number of hydrogen-bond donors (Lipinski definition) is 1. The number of aromatic hydroxyl groups is 1. The average Bonchev–Trinajstić information content (AvgIpc) is 2.53. The molecule has 2 aromatic rings. The Bertz CT molecular complexity index is 584. The molecule has 0 aliphatic rings. The zero-order valence-corrected chi connectivity index (χ0v) is 14.7. The van der Waals surface area contributed by atoms with E-state index in [1.807, 2.05) is 24.3 Å². The van der Waals surface area contributed by atoms with Crippen LogP contribution in [0.2, 0.25) is 0 Å². The molecule has 1 atom stereocenters. The fourth-order valence-corrected chi connectivity index (χ4v) is 3.36. The standard InChI is InChI=1S/C21H29NO/c1-16(2)22(17(3)4)15-14-19(18-10-6-5-7-11-18)20-12-8-9-13-21(20)23/h5-13,16-17,19,23H,14-15H2,1-4H3/t19-/m0/s1. The van der Waals surface area contributed by atoms with Gasteiger partial charge in [-0.2, -0.15) is 0 Å². The van der Waals surface area contributed by atoms with E-state index in [1.54, 1.807) is 6.07 Å². The number of para-hydroxylation sites is 1. The Hall–Kier alpha value is -1.80. The van der Waals surface area contributed by atoms with Gasteiger partial charge in [-0.3, -0.25) is 4.90 Å². The van der Waals surface area contributed by atoms with Gasteiger partial charge in [0.2, 0.25) is 0 Å². The third-order valence-corrected chi connectivity index (χ3v) is 4.52. The van der Waals surface area contributed by atoms with Crippen LogP contribution in [0.5, 0.6) is 5.75 Å². The molecule has 0 heterocycles. The molecular weight excluding hydrogens is 282 g/mol. The lowest BCUT2D eigenvalue weighted by atomic mass is 9.87. The maximum Gasteiger partial charge on any atom is 0.119 e. The monoisotopic (exact) mass is 311 g/mol. The van der Waals surface area contributed by atoms with Crippen LogP contribution in [0.3, 0.4) is 0 Å². The van der Waals surface area contributed by atoms with Crippen molar-refractivity contribution in [2.24, 2.45) is 0 Å². The molecule has 2 heteroatoms. The van der Waals surface area contributed by atoms with E-state index < -0.39 is 0 Å². The molecule has 2 rings (SSSR count). The van der Waals surface area contributed by atoms with Crippen molar-refractivity contribution in [1.82, 2.24) is 4.90 Å². The van der Waals surface area contributed by atoms with Gasteiger partial charge in [0.15, 0.2) is 0 Å². The smallest absolute Gasteiger partial charge is 0.119 e. The van der Waals surface area contributed by atoms with Crippen molar-refractivity contribution in [1.29, 1.82) is 0 Å². The van der Waals surface area contributed by atoms with E-state index in [0.717, 1.165) is 18.5 Å². The van der Waals surface area contributed by atoms with E-state index in [1.165, 1.54) is 5.56 Å². The molecule has 0 aliphatic heterocycles. The molecule has 0 saturated heterocycles. The molecule has 2 aromatic carbocycles. The summed E-state index contributed by atoms with van der Waals surface area (Å²) in [5.74, 6) is 0.611. The van der Waals surface area contributed by atoms with Crippen molar-refractivity contribution in [3.8, 4) is 5.75 Å².